The van der Waals surface area contributed by atoms with Gasteiger partial charge in [0.15, 0.2) is 0 Å². The van der Waals surface area contributed by atoms with Crippen LogP contribution in [0.15, 0.2) is 53.5 Å². The minimum Gasteiger partial charge on any atom is -0.507 e. The molecule has 24 heavy (non-hydrogen) atoms. The van der Waals surface area contributed by atoms with Crippen LogP contribution < -0.4 is 4.74 Å². The number of likely N-dealkylation sites (tertiary alicyclic amines) is 1. The third kappa shape index (κ3) is 3.95. The molecule has 126 valence electrons. The molecule has 0 unspecified atom stereocenters. The SMILES string of the molecule is COc1ccc(O)c(C=NC[C@H](c2ccccc2)N2CCCC2)c1. The Labute approximate surface area is 143 Å². The molecule has 4 nitrogen and oxygen atoms in total. The molecule has 0 aromatic heterocycles. The second kappa shape index (κ2) is 7.97. The average Bonchev–Trinajstić information content (AvgIpc) is 3.15. The van der Waals surface area contributed by atoms with Crippen molar-refractivity contribution in [3.63, 3.8) is 0 Å². The van der Waals surface area contributed by atoms with E-state index in [1.807, 2.05) is 6.07 Å². The summed E-state index contributed by atoms with van der Waals surface area (Å²) in [4.78, 5) is 7.12. The van der Waals surface area contributed by atoms with Crippen molar-refractivity contribution in [1.82, 2.24) is 4.90 Å². The predicted molar refractivity (Wildman–Crippen MR) is 97.1 cm³/mol. The number of aliphatic imine (C=N–C) groups is 1. The molecule has 0 radical (unpaired) electrons. The monoisotopic (exact) mass is 324 g/mol. The first-order valence-electron chi connectivity index (χ1n) is 8.44. The number of phenolic OH excluding ortho intramolecular Hbond substituents is 1. The van der Waals surface area contributed by atoms with E-state index >= 15 is 0 Å². The predicted octanol–water partition coefficient (Wildman–Crippen LogP) is 3.66. The van der Waals surface area contributed by atoms with Gasteiger partial charge in [-0.05, 0) is 49.7 Å². The first-order chi connectivity index (χ1) is 11.8. The summed E-state index contributed by atoms with van der Waals surface area (Å²) in [5.74, 6) is 0.936. The highest BCUT2D eigenvalue weighted by atomic mass is 16.5. The Hall–Kier alpha value is -2.33. The van der Waals surface area contributed by atoms with Crippen molar-refractivity contribution in [3.8, 4) is 11.5 Å². The van der Waals surface area contributed by atoms with Crippen molar-refractivity contribution in [2.75, 3.05) is 26.7 Å². The zero-order chi connectivity index (χ0) is 16.8. The van der Waals surface area contributed by atoms with Crippen LogP contribution in [0.1, 0.15) is 30.0 Å². The Morgan fingerprint density at radius 1 is 1.17 bits per heavy atom. The lowest BCUT2D eigenvalue weighted by molar-refractivity contribution is 0.252. The number of benzene rings is 2. The molecule has 0 saturated carbocycles. The summed E-state index contributed by atoms with van der Waals surface area (Å²) in [6.07, 6.45) is 4.25. The Morgan fingerprint density at radius 2 is 1.92 bits per heavy atom. The van der Waals surface area contributed by atoms with Gasteiger partial charge in [-0.25, -0.2) is 0 Å². The minimum atomic E-state index is 0.219. The quantitative estimate of drug-likeness (QED) is 0.825. The maximum absolute atomic E-state index is 9.97. The third-order valence-electron chi connectivity index (χ3n) is 4.51. The molecule has 1 N–H and O–H groups in total. The molecule has 0 spiro atoms. The zero-order valence-corrected chi connectivity index (χ0v) is 14.1. The van der Waals surface area contributed by atoms with Gasteiger partial charge >= 0.3 is 0 Å². The fraction of sp³-hybridized carbons (Fsp3) is 0.350. The minimum absolute atomic E-state index is 0.219. The van der Waals surface area contributed by atoms with Gasteiger partial charge in [0, 0.05) is 11.8 Å². The lowest BCUT2D eigenvalue weighted by Crippen LogP contribution is -2.27. The Balaban J connectivity index is 1.76. The molecule has 1 aliphatic heterocycles. The summed E-state index contributed by atoms with van der Waals surface area (Å²) in [5.41, 5.74) is 1.98. The number of aromatic hydroxyl groups is 1. The smallest absolute Gasteiger partial charge is 0.124 e. The molecule has 0 aliphatic carbocycles. The van der Waals surface area contributed by atoms with Crippen LogP contribution in [0.3, 0.4) is 0 Å². The third-order valence-corrected chi connectivity index (χ3v) is 4.51. The van der Waals surface area contributed by atoms with Crippen molar-refractivity contribution < 1.29 is 9.84 Å². The van der Waals surface area contributed by atoms with E-state index in [1.54, 1.807) is 31.5 Å². The van der Waals surface area contributed by atoms with Gasteiger partial charge in [-0.2, -0.15) is 0 Å². The highest BCUT2D eigenvalue weighted by Crippen LogP contribution is 2.26. The van der Waals surface area contributed by atoms with Gasteiger partial charge in [0.25, 0.3) is 0 Å². The maximum atomic E-state index is 9.97. The molecule has 1 aliphatic rings. The summed E-state index contributed by atoms with van der Waals surface area (Å²) >= 11 is 0. The van der Waals surface area contributed by atoms with E-state index in [-0.39, 0.29) is 11.8 Å². The van der Waals surface area contributed by atoms with Crippen LogP contribution in [-0.2, 0) is 0 Å². The molecule has 1 heterocycles. The number of rotatable bonds is 6. The first kappa shape index (κ1) is 16.5. The number of nitrogens with zero attached hydrogens (tertiary/aromatic N) is 2. The number of phenols is 1. The van der Waals surface area contributed by atoms with Gasteiger partial charge in [0.1, 0.15) is 11.5 Å². The Kier molecular flexibility index (Phi) is 5.49. The van der Waals surface area contributed by atoms with Crippen LogP contribution in [0.2, 0.25) is 0 Å². The second-order valence-corrected chi connectivity index (χ2v) is 6.09. The Morgan fingerprint density at radius 3 is 2.62 bits per heavy atom. The number of hydrogen-bond acceptors (Lipinski definition) is 4. The van der Waals surface area contributed by atoms with Crippen LogP contribution >= 0.6 is 0 Å². The molecular weight excluding hydrogens is 300 g/mol. The van der Waals surface area contributed by atoms with Crippen molar-refractivity contribution >= 4 is 6.21 Å². The summed E-state index contributed by atoms with van der Waals surface area (Å²) < 4.78 is 5.21. The second-order valence-electron chi connectivity index (χ2n) is 6.09. The van der Waals surface area contributed by atoms with Gasteiger partial charge in [0.2, 0.25) is 0 Å². The molecule has 4 heteroatoms. The molecule has 0 bridgehead atoms. The highest BCUT2D eigenvalue weighted by Gasteiger charge is 2.22. The van der Waals surface area contributed by atoms with E-state index in [2.05, 4.69) is 34.2 Å². The van der Waals surface area contributed by atoms with Gasteiger partial charge in [-0.1, -0.05) is 30.3 Å². The summed E-state index contributed by atoms with van der Waals surface area (Å²) in [5, 5.41) is 9.97. The largest absolute Gasteiger partial charge is 0.507 e. The van der Waals surface area contributed by atoms with E-state index in [4.69, 9.17) is 4.74 Å². The summed E-state index contributed by atoms with van der Waals surface area (Å²) in [6, 6.07) is 16.0. The van der Waals surface area contributed by atoms with E-state index < -0.39 is 0 Å². The first-order valence-corrected chi connectivity index (χ1v) is 8.44. The summed E-state index contributed by atoms with van der Waals surface area (Å²) in [6.45, 7) is 2.93. The molecule has 1 atom stereocenters. The molecular formula is C20H24N2O2. The van der Waals surface area contributed by atoms with Crippen molar-refractivity contribution in [3.05, 3.63) is 59.7 Å². The fourth-order valence-electron chi connectivity index (χ4n) is 3.17. The van der Waals surface area contributed by atoms with Crippen molar-refractivity contribution in [2.45, 2.75) is 18.9 Å². The Bertz CT molecular complexity index is 679. The van der Waals surface area contributed by atoms with Crippen LogP contribution in [0.4, 0.5) is 0 Å². The van der Waals surface area contributed by atoms with E-state index in [0.717, 1.165) is 13.1 Å². The van der Waals surface area contributed by atoms with E-state index in [9.17, 15) is 5.11 Å². The zero-order valence-electron chi connectivity index (χ0n) is 14.1. The fourth-order valence-corrected chi connectivity index (χ4v) is 3.17. The van der Waals surface area contributed by atoms with Gasteiger partial charge in [-0.3, -0.25) is 9.89 Å². The summed E-state index contributed by atoms with van der Waals surface area (Å²) in [7, 11) is 1.62. The van der Waals surface area contributed by atoms with Crippen LogP contribution in [0, 0.1) is 0 Å². The average molecular weight is 324 g/mol. The molecule has 1 saturated heterocycles. The van der Waals surface area contributed by atoms with Crippen LogP contribution in [0.5, 0.6) is 11.5 Å². The number of hydrogen-bond donors (Lipinski definition) is 1. The van der Waals surface area contributed by atoms with Crippen LogP contribution in [-0.4, -0.2) is 43.0 Å². The normalized spacial score (nSPS) is 16.5. The van der Waals surface area contributed by atoms with Gasteiger partial charge in [-0.15, -0.1) is 0 Å². The number of ether oxygens (including phenoxy) is 1. The highest BCUT2D eigenvalue weighted by molar-refractivity contribution is 5.84. The molecule has 3 rings (SSSR count). The van der Waals surface area contributed by atoms with Gasteiger partial charge in [0.05, 0.1) is 19.7 Å². The standard InChI is InChI=1S/C20H24N2O2/c1-24-18-9-10-20(23)17(13-18)14-21-15-19(22-11-5-6-12-22)16-7-3-2-4-8-16/h2-4,7-10,13-14,19,23H,5-6,11-12,15H2,1H3/t19-/m1/s1. The van der Waals surface area contributed by atoms with E-state index in [1.165, 1.54) is 18.4 Å². The van der Waals surface area contributed by atoms with E-state index in [0.29, 0.717) is 17.9 Å². The lowest BCUT2D eigenvalue weighted by Gasteiger charge is -2.26. The van der Waals surface area contributed by atoms with Crippen molar-refractivity contribution in [1.29, 1.82) is 0 Å². The molecule has 2 aromatic carbocycles. The topological polar surface area (TPSA) is 45.1 Å². The van der Waals surface area contributed by atoms with Crippen molar-refractivity contribution in [2.24, 2.45) is 4.99 Å². The maximum Gasteiger partial charge on any atom is 0.124 e. The number of methoxy groups -OCH3 is 1. The lowest BCUT2D eigenvalue weighted by atomic mass is 10.1. The molecule has 0 amide bonds. The molecule has 2 aromatic rings. The van der Waals surface area contributed by atoms with Gasteiger partial charge < -0.3 is 9.84 Å². The van der Waals surface area contributed by atoms with Crippen LogP contribution in [0.25, 0.3) is 0 Å². The molecule has 1 fully saturated rings.